The van der Waals surface area contributed by atoms with E-state index in [1.165, 1.54) is 6.07 Å². The van der Waals surface area contributed by atoms with E-state index < -0.39 is 11.6 Å². The van der Waals surface area contributed by atoms with Gasteiger partial charge < -0.3 is 4.57 Å². The predicted molar refractivity (Wildman–Crippen MR) is 64.2 cm³/mol. The Morgan fingerprint density at radius 1 is 1.29 bits per heavy atom. The van der Waals surface area contributed by atoms with E-state index in [0.717, 1.165) is 6.07 Å². The van der Waals surface area contributed by atoms with Gasteiger partial charge in [-0.05, 0) is 26.8 Å². The van der Waals surface area contributed by atoms with Crippen LogP contribution in [0.15, 0.2) is 12.1 Å². The molecule has 1 aromatic carbocycles. The number of rotatable bonds is 1. The van der Waals surface area contributed by atoms with Crippen LogP contribution in [0.4, 0.5) is 8.78 Å². The first-order valence-corrected chi connectivity index (χ1v) is 5.81. The molecule has 0 amide bonds. The highest BCUT2D eigenvalue weighted by molar-refractivity contribution is 6.16. The van der Waals surface area contributed by atoms with Crippen LogP contribution in [0.3, 0.4) is 0 Å². The quantitative estimate of drug-likeness (QED) is 0.712. The van der Waals surface area contributed by atoms with Gasteiger partial charge in [-0.15, -0.1) is 11.6 Å². The lowest BCUT2D eigenvalue weighted by Gasteiger charge is -2.24. The highest BCUT2D eigenvalue weighted by atomic mass is 35.5. The summed E-state index contributed by atoms with van der Waals surface area (Å²) in [6, 6.07) is 2.12. The van der Waals surface area contributed by atoms with Crippen LogP contribution in [0, 0.1) is 11.6 Å². The molecule has 2 nitrogen and oxygen atoms in total. The molecule has 0 spiro atoms. The molecule has 0 saturated carbocycles. The first kappa shape index (κ1) is 12.3. The van der Waals surface area contributed by atoms with Gasteiger partial charge >= 0.3 is 0 Å². The normalized spacial score (nSPS) is 12.4. The summed E-state index contributed by atoms with van der Waals surface area (Å²) in [7, 11) is 0. The van der Waals surface area contributed by atoms with E-state index in [1.807, 2.05) is 20.8 Å². The number of alkyl halides is 1. The Balaban J connectivity index is 2.88. The van der Waals surface area contributed by atoms with E-state index in [4.69, 9.17) is 11.6 Å². The summed E-state index contributed by atoms with van der Waals surface area (Å²) in [4.78, 5) is 4.13. The SMILES string of the molecule is CC(C)(C)n1c(CCl)nc2c(F)cc(F)cc21. The van der Waals surface area contributed by atoms with Crippen LogP contribution in [-0.2, 0) is 11.4 Å². The minimum atomic E-state index is -0.658. The van der Waals surface area contributed by atoms with Crippen LogP contribution in [0.2, 0.25) is 0 Å². The lowest BCUT2D eigenvalue weighted by Crippen LogP contribution is -2.23. The van der Waals surface area contributed by atoms with Crippen LogP contribution in [0.5, 0.6) is 0 Å². The number of benzene rings is 1. The molecule has 0 aliphatic rings. The number of aromatic nitrogens is 2. The molecule has 1 aromatic heterocycles. The van der Waals surface area contributed by atoms with Crippen molar-refractivity contribution in [1.82, 2.24) is 9.55 Å². The molecular weight excluding hydrogens is 246 g/mol. The largest absolute Gasteiger partial charge is 0.321 e. The van der Waals surface area contributed by atoms with Crippen LogP contribution in [-0.4, -0.2) is 9.55 Å². The van der Waals surface area contributed by atoms with E-state index in [-0.39, 0.29) is 16.9 Å². The number of imidazole rings is 1. The van der Waals surface area contributed by atoms with Crippen molar-refractivity contribution in [3.05, 3.63) is 29.6 Å². The number of nitrogens with zero attached hydrogens (tertiary/aromatic N) is 2. The second kappa shape index (κ2) is 3.95. The summed E-state index contributed by atoms with van der Waals surface area (Å²) in [6.45, 7) is 5.81. The Hall–Kier alpha value is -1.16. The molecule has 0 saturated heterocycles. The van der Waals surface area contributed by atoms with Crippen molar-refractivity contribution < 1.29 is 8.78 Å². The maximum absolute atomic E-state index is 13.6. The molecule has 0 N–H and O–H groups in total. The summed E-state index contributed by atoms with van der Waals surface area (Å²) >= 11 is 5.80. The molecular formula is C12H13ClF2N2. The zero-order valence-corrected chi connectivity index (χ0v) is 10.6. The molecule has 2 aromatic rings. The van der Waals surface area contributed by atoms with Crippen molar-refractivity contribution in [2.75, 3.05) is 0 Å². The lowest BCUT2D eigenvalue weighted by molar-refractivity contribution is 0.398. The van der Waals surface area contributed by atoms with Gasteiger partial charge in [0.1, 0.15) is 17.2 Å². The second-order valence-electron chi connectivity index (χ2n) is 4.92. The molecule has 5 heteroatoms. The molecule has 1 heterocycles. The third-order valence-corrected chi connectivity index (χ3v) is 2.78. The van der Waals surface area contributed by atoms with Crippen molar-refractivity contribution in [3.8, 4) is 0 Å². The Labute approximate surface area is 103 Å². The van der Waals surface area contributed by atoms with E-state index in [0.29, 0.717) is 11.3 Å². The van der Waals surface area contributed by atoms with Crippen molar-refractivity contribution in [2.45, 2.75) is 32.2 Å². The predicted octanol–water partition coefficient (Wildman–Crippen LogP) is 3.81. The summed E-state index contributed by atoms with van der Waals surface area (Å²) in [5.41, 5.74) is 0.266. The zero-order chi connectivity index (χ0) is 12.8. The Morgan fingerprint density at radius 2 is 1.94 bits per heavy atom. The van der Waals surface area contributed by atoms with Gasteiger partial charge in [-0.1, -0.05) is 0 Å². The topological polar surface area (TPSA) is 17.8 Å². The van der Waals surface area contributed by atoms with Gasteiger partial charge in [-0.3, -0.25) is 0 Å². The summed E-state index contributed by atoms with van der Waals surface area (Å²) in [5, 5.41) is 0. The molecule has 0 atom stereocenters. The smallest absolute Gasteiger partial charge is 0.153 e. The number of fused-ring (bicyclic) bond motifs is 1. The first-order chi connectivity index (χ1) is 7.84. The fraction of sp³-hybridized carbons (Fsp3) is 0.417. The maximum atomic E-state index is 13.6. The summed E-state index contributed by atoms with van der Waals surface area (Å²) < 4.78 is 28.6. The summed E-state index contributed by atoms with van der Waals surface area (Å²) in [5.74, 6) is -0.568. The van der Waals surface area contributed by atoms with Gasteiger partial charge in [0, 0.05) is 11.6 Å². The fourth-order valence-electron chi connectivity index (χ4n) is 1.99. The molecule has 0 aliphatic heterocycles. The minimum absolute atomic E-state index is 0.160. The van der Waals surface area contributed by atoms with Gasteiger partial charge in [0.2, 0.25) is 0 Å². The third kappa shape index (κ3) is 2.02. The van der Waals surface area contributed by atoms with Gasteiger partial charge in [0.25, 0.3) is 0 Å². The standard InChI is InChI=1S/C12H13ClF2N2/c1-12(2,3)17-9-5-7(14)4-8(15)11(9)16-10(17)6-13/h4-5H,6H2,1-3H3. The number of hydrogen-bond donors (Lipinski definition) is 0. The zero-order valence-electron chi connectivity index (χ0n) is 9.89. The Kier molecular flexibility index (Phi) is 2.86. The monoisotopic (exact) mass is 258 g/mol. The van der Waals surface area contributed by atoms with Crippen LogP contribution in [0.1, 0.15) is 26.6 Å². The maximum Gasteiger partial charge on any atom is 0.153 e. The van der Waals surface area contributed by atoms with E-state index in [9.17, 15) is 8.78 Å². The van der Waals surface area contributed by atoms with E-state index in [1.54, 1.807) is 4.57 Å². The molecule has 0 bridgehead atoms. The highest BCUT2D eigenvalue weighted by Crippen LogP contribution is 2.28. The molecule has 2 rings (SSSR count). The molecule has 0 fully saturated rings. The molecule has 0 unspecified atom stereocenters. The van der Waals surface area contributed by atoms with Gasteiger partial charge in [0.05, 0.1) is 11.4 Å². The average molecular weight is 259 g/mol. The van der Waals surface area contributed by atoms with Crippen LogP contribution < -0.4 is 0 Å². The van der Waals surface area contributed by atoms with Crippen LogP contribution >= 0.6 is 11.6 Å². The summed E-state index contributed by atoms with van der Waals surface area (Å²) in [6.07, 6.45) is 0. The second-order valence-corrected chi connectivity index (χ2v) is 5.19. The number of hydrogen-bond acceptors (Lipinski definition) is 1. The van der Waals surface area contributed by atoms with Crippen molar-refractivity contribution in [1.29, 1.82) is 0 Å². The first-order valence-electron chi connectivity index (χ1n) is 5.27. The minimum Gasteiger partial charge on any atom is -0.321 e. The van der Waals surface area contributed by atoms with Crippen molar-refractivity contribution >= 4 is 22.6 Å². The van der Waals surface area contributed by atoms with Crippen molar-refractivity contribution in [2.24, 2.45) is 0 Å². The van der Waals surface area contributed by atoms with Gasteiger partial charge in [-0.25, -0.2) is 13.8 Å². The van der Waals surface area contributed by atoms with Crippen molar-refractivity contribution in [3.63, 3.8) is 0 Å². The van der Waals surface area contributed by atoms with Crippen LogP contribution in [0.25, 0.3) is 11.0 Å². The molecule has 0 aliphatic carbocycles. The van der Waals surface area contributed by atoms with E-state index >= 15 is 0 Å². The Morgan fingerprint density at radius 3 is 2.47 bits per heavy atom. The van der Waals surface area contributed by atoms with E-state index in [2.05, 4.69) is 4.98 Å². The third-order valence-electron chi connectivity index (χ3n) is 2.54. The fourth-order valence-corrected chi connectivity index (χ4v) is 2.17. The average Bonchev–Trinajstić information content (AvgIpc) is 2.55. The molecule has 17 heavy (non-hydrogen) atoms. The van der Waals surface area contributed by atoms with Gasteiger partial charge in [-0.2, -0.15) is 0 Å². The van der Waals surface area contributed by atoms with Gasteiger partial charge in [0.15, 0.2) is 5.82 Å². The molecule has 0 radical (unpaired) electrons. The Bertz CT molecular complexity index is 570. The lowest BCUT2D eigenvalue weighted by atomic mass is 10.1. The number of halogens is 3. The highest BCUT2D eigenvalue weighted by Gasteiger charge is 2.23. The molecule has 92 valence electrons.